The van der Waals surface area contributed by atoms with E-state index in [4.69, 9.17) is 0 Å². The van der Waals surface area contributed by atoms with E-state index in [1.807, 2.05) is 24.3 Å². The average Bonchev–Trinajstić information content (AvgIpc) is 2.94. The number of ketones is 3. The van der Waals surface area contributed by atoms with E-state index in [9.17, 15) is 34.5 Å². The van der Waals surface area contributed by atoms with Crippen LogP contribution in [-0.4, -0.2) is 76.3 Å². The van der Waals surface area contributed by atoms with Gasteiger partial charge in [0.05, 0.1) is 25.1 Å². The minimum atomic E-state index is -0.793. The molecule has 1 fully saturated rings. The van der Waals surface area contributed by atoms with Gasteiger partial charge in [0, 0.05) is 24.6 Å². The molecule has 1 saturated heterocycles. The van der Waals surface area contributed by atoms with Crippen molar-refractivity contribution < 1.29 is 34.5 Å². The van der Waals surface area contributed by atoms with E-state index in [1.165, 1.54) is 19.4 Å². The fourth-order valence-corrected chi connectivity index (χ4v) is 6.54. The second-order valence-corrected chi connectivity index (χ2v) is 11.8. The molecule has 2 aliphatic rings. The van der Waals surface area contributed by atoms with Crippen LogP contribution < -0.4 is 5.32 Å². The van der Waals surface area contributed by atoms with Crippen LogP contribution in [0.25, 0.3) is 11.1 Å². The molecular weight excluding hydrogens is 536 g/mol. The molecule has 0 spiro atoms. The Morgan fingerprint density at radius 2 is 1.71 bits per heavy atom. The molecule has 226 valence electrons. The van der Waals surface area contributed by atoms with Gasteiger partial charge in [-0.05, 0) is 98.8 Å². The number of aromatic hydroxyl groups is 1. The Kier molecular flexibility index (Phi) is 11.0. The highest BCUT2D eigenvalue weighted by Crippen LogP contribution is 2.41. The van der Waals surface area contributed by atoms with E-state index >= 15 is 0 Å². The van der Waals surface area contributed by atoms with Crippen LogP contribution in [0.1, 0.15) is 67.8 Å². The molecular formula is C33H42N2O7. The summed E-state index contributed by atoms with van der Waals surface area (Å²) in [7, 11) is 0. The van der Waals surface area contributed by atoms with Crippen molar-refractivity contribution in [3.63, 3.8) is 0 Å². The van der Waals surface area contributed by atoms with Crippen LogP contribution in [0.4, 0.5) is 5.69 Å². The molecule has 4 N–H and O–H groups in total. The van der Waals surface area contributed by atoms with Crippen molar-refractivity contribution >= 4 is 28.9 Å². The van der Waals surface area contributed by atoms with Crippen molar-refractivity contribution in [2.24, 2.45) is 17.8 Å². The molecule has 2 aromatic carbocycles. The summed E-state index contributed by atoms with van der Waals surface area (Å²) >= 11 is 0. The minimum Gasteiger partial charge on any atom is -0.507 e. The van der Waals surface area contributed by atoms with Crippen molar-refractivity contribution in [3.05, 3.63) is 47.5 Å². The summed E-state index contributed by atoms with van der Waals surface area (Å²) in [5, 5.41) is 33.2. The van der Waals surface area contributed by atoms with Crippen molar-refractivity contribution in [1.29, 1.82) is 0 Å². The van der Waals surface area contributed by atoms with Gasteiger partial charge < -0.3 is 20.6 Å². The van der Waals surface area contributed by atoms with Gasteiger partial charge in [-0.25, -0.2) is 0 Å². The number of anilines is 1. The third-order valence-electron chi connectivity index (χ3n) is 8.57. The quantitative estimate of drug-likeness (QED) is 0.263. The molecule has 0 saturated carbocycles. The highest BCUT2D eigenvalue weighted by molar-refractivity contribution is 6.03. The maximum absolute atomic E-state index is 13.3. The molecule has 1 aliphatic heterocycles. The molecule has 4 rings (SSSR count). The predicted molar refractivity (Wildman–Crippen MR) is 159 cm³/mol. The third-order valence-corrected chi connectivity index (χ3v) is 8.57. The largest absolute Gasteiger partial charge is 0.507 e. The normalized spacial score (nSPS) is 18.6. The molecule has 2 aromatic rings. The van der Waals surface area contributed by atoms with E-state index in [0.29, 0.717) is 30.6 Å². The first-order valence-electron chi connectivity index (χ1n) is 14.9. The van der Waals surface area contributed by atoms with Crippen molar-refractivity contribution in [2.75, 3.05) is 38.2 Å². The molecule has 42 heavy (non-hydrogen) atoms. The number of Topliss-reactive ketones (excluding diaryl/α,β-unsaturated/α-hetero) is 3. The molecule has 1 amide bonds. The Labute approximate surface area is 246 Å². The number of fused-ring (bicyclic) bond motifs is 1. The zero-order valence-electron chi connectivity index (χ0n) is 24.3. The number of hydrogen-bond donors (Lipinski definition) is 4. The molecule has 1 aliphatic carbocycles. The summed E-state index contributed by atoms with van der Waals surface area (Å²) in [4.78, 5) is 52.2. The Balaban J connectivity index is 1.52. The highest BCUT2D eigenvalue weighted by atomic mass is 16.3. The first-order chi connectivity index (χ1) is 20.2. The number of piperidine rings is 1. The van der Waals surface area contributed by atoms with Gasteiger partial charge >= 0.3 is 0 Å². The lowest BCUT2D eigenvalue weighted by Crippen LogP contribution is -2.36. The molecule has 3 unspecified atom stereocenters. The fourth-order valence-electron chi connectivity index (χ4n) is 6.54. The summed E-state index contributed by atoms with van der Waals surface area (Å²) in [6.45, 7) is 2.96. The number of rotatable bonds is 13. The number of benzene rings is 2. The van der Waals surface area contributed by atoms with Gasteiger partial charge in [0.2, 0.25) is 5.91 Å². The lowest BCUT2D eigenvalue weighted by atomic mass is 9.72. The Morgan fingerprint density at radius 3 is 2.36 bits per heavy atom. The van der Waals surface area contributed by atoms with Crippen LogP contribution in [0.5, 0.6) is 5.75 Å². The van der Waals surface area contributed by atoms with Crippen LogP contribution >= 0.6 is 0 Å². The van der Waals surface area contributed by atoms with Crippen molar-refractivity contribution in [3.8, 4) is 16.9 Å². The summed E-state index contributed by atoms with van der Waals surface area (Å²) in [6.07, 6.45) is 4.50. The smallest absolute Gasteiger partial charge is 0.238 e. The Hall–Kier alpha value is -3.40. The number of amides is 1. The van der Waals surface area contributed by atoms with E-state index in [2.05, 4.69) is 10.2 Å². The van der Waals surface area contributed by atoms with Gasteiger partial charge in [0.1, 0.15) is 17.3 Å². The van der Waals surface area contributed by atoms with Crippen molar-refractivity contribution in [2.45, 2.75) is 58.3 Å². The molecule has 9 heteroatoms. The number of phenols is 1. The van der Waals surface area contributed by atoms with Crippen LogP contribution in [0, 0.1) is 17.8 Å². The van der Waals surface area contributed by atoms with Gasteiger partial charge in [-0.15, -0.1) is 0 Å². The van der Waals surface area contributed by atoms with Gasteiger partial charge in [0.15, 0.2) is 5.78 Å². The maximum Gasteiger partial charge on any atom is 0.238 e. The predicted octanol–water partition coefficient (Wildman–Crippen LogP) is 3.77. The third kappa shape index (κ3) is 7.91. The number of phenolic OH excluding ortho intramolecular Hbond substituents is 1. The van der Waals surface area contributed by atoms with Gasteiger partial charge in [-0.2, -0.15) is 0 Å². The lowest BCUT2D eigenvalue weighted by molar-refractivity contribution is -0.131. The SMILES string of the molecule is CC(=O)CC(=O)C(CO)C(CCO)CC1CC(=O)c2c(O)ccc(-c3ccc(NC(=O)CN4CCCCC4)cc3)c2C1. The summed E-state index contributed by atoms with van der Waals surface area (Å²) < 4.78 is 0. The van der Waals surface area contributed by atoms with Crippen LogP contribution in [0.15, 0.2) is 36.4 Å². The average molecular weight is 579 g/mol. The number of aliphatic hydroxyl groups excluding tert-OH is 2. The molecule has 0 radical (unpaired) electrons. The van der Waals surface area contributed by atoms with Gasteiger partial charge in [-0.3, -0.25) is 24.1 Å². The lowest BCUT2D eigenvalue weighted by Gasteiger charge is -2.31. The number of carbonyl (C=O) groups excluding carboxylic acids is 4. The standard InChI is InChI=1S/C33H42N2O7/c1-21(38)15-30(40)28(20-37)24(11-14-36)16-22-17-27-26(9-10-29(39)33(27)31(41)18-22)23-5-7-25(8-6-23)34-32(42)19-35-12-3-2-4-13-35/h5-10,22,24,28,36-37,39H,2-4,11-20H2,1H3,(H,34,42). The Bertz CT molecular complexity index is 1280. The van der Waals surface area contributed by atoms with Crippen molar-refractivity contribution in [1.82, 2.24) is 4.90 Å². The second kappa shape index (κ2) is 14.7. The van der Waals surface area contributed by atoms with Crippen LogP contribution in [-0.2, 0) is 20.8 Å². The summed E-state index contributed by atoms with van der Waals surface area (Å²) in [5.41, 5.74) is 3.34. The first kappa shape index (κ1) is 31.5. The minimum absolute atomic E-state index is 0.0551. The summed E-state index contributed by atoms with van der Waals surface area (Å²) in [5.74, 6) is -2.31. The molecule has 0 aromatic heterocycles. The van der Waals surface area contributed by atoms with E-state index in [1.54, 1.807) is 6.07 Å². The van der Waals surface area contributed by atoms with E-state index in [0.717, 1.165) is 42.6 Å². The number of aliphatic hydroxyl groups is 2. The number of nitrogens with one attached hydrogen (secondary N) is 1. The fraction of sp³-hybridized carbons (Fsp3) is 0.515. The number of likely N-dealkylation sites (tertiary alicyclic amines) is 1. The molecule has 1 heterocycles. The first-order valence-corrected chi connectivity index (χ1v) is 14.9. The second-order valence-electron chi connectivity index (χ2n) is 11.8. The van der Waals surface area contributed by atoms with E-state index in [-0.39, 0.29) is 66.7 Å². The summed E-state index contributed by atoms with van der Waals surface area (Å²) in [6, 6.07) is 10.7. The van der Waals surface area contributed by atoms with Gasteiger partial charge in [0.25, 0.3) is 0 Å². The van der Waals surface area contributed by atoms with Gasteiger partial charge in [-0.1, -0.05) is 24.6 Å². The number of carbonyl (C=O) groups is 4. The highest BCUT2D eigenvalue weighted by Gasteiger charge is 2.35. The van der Waals surface area contributed by atoms with Crippen LogP contribution in [0.2, 0.25) is 0 Å². The number of hydrogen-bond acceptors (Lipinski definition) is 8. The number of nitrogens with zero attached hydrogens (tertiary/aromatic N) is 1. The molecule has 0 bridgehead atoms. The van der Waals surface area contributed by atoms with E-state index < -0.39 is 12.5 Å². The van der Waals surface area contributed by atoms with Crippen LogP contribution in [0.3, 0.4) is 0 Å². The zero-order chi connectivity index (χ0) is 30.2. The maximum atomic E-state index is 13.3. The molecule has 3 atom stereocenters. The monoisotopic (exact) mass is 578 g/mol. The zero-order valence-corrected chi connectivity index (χ0v) is 24.3. The Morgan fingerprint density at radius 1 is 1.00 bits per heavy atom. The topological polar surface area (TPSA) is 144 Å². The molecule has 9 nitrogen and oxygen atoms in total.